The molecule has 23 heavy (non-hydrogen) atoms. The smallest absolute Gasteiger partial charge is 0.355 e. The summed E-state index contributed by atoms with van der Waals surface area (Å²) in [6, 6.07) is 18.2. The van der Waals surface area contributed by atoms with Crippen LogP contribution >= 0.6 is 11.3 Å². The highest BCUT2D eigenvalue weighted by Crippen LogP contribution is 2.25. The van der Waals surface area contributed by atoms with Crippen LogP contribution in [0.4, 0.5) is 5.69 Å². The molecule has 0 amide bonds. The largest absolute Gasteiger partial charge is 0.476 e. The molecule has 0 spiro atoms. The molecule has 0 unspecified atom stereocenters. The molecule has 2 aromatic carbocycles. The van der Waals surface area contributed by atoms with Gasteiger partial charge in [-0.2, -0.15) is 0 Å². The fraction of sp³-hybridized carbons (Fsp3) is 0.111. The number of anilines is 1. The Bertz CT molecular complexity index is 815. The Morgan fingerprint density at radius 1 is 1.17 bits per heavy atom. The maximum Gasteiger partial charge on any atom is 0.355 e. The van der Waals surface area contributed by atoms with Crippen molar-refractivity contribution in [3.63, 3.8) is 0 Å². The van der Waals surface area contributed by atoms with Crippen LogP contribution in [-0.2, 0) is 6.54 Å². The number of carboxylic acids is 1. The van der Waals surface area contributed by atoms with Gasteiger partial charge in [0.25, 0.3) is 0 Å². The van der Waals surface area contributed by atoms with Crippen LogP contribution in [0.3, 0.4) is 0 Å². The summed E-state index contributed by atoms with van der Waals surface area (Å²) >= 11 is 1.35. The molecular weight excluding hydrogens is 308 g/mol. The first kappa shape index (κ1) is 15.2. The van der Waals surface area contributed by atoms with Crippen molar-refractivity contribution >= 4 is 23.0 Å². The maximum absolute atomic E-state index is 11.0. The van der Waals surface area contributed by atoms with Crippen LogP contribution in [0.25, 0.3) is 10.6 Å². The highest BCUT2D eigenvalue weighted by atomic mass is 32.1. The molecule has 0 aliphatic heterocycles. The van der Waals surface area contributed by atoms with E-state index in [9.17, 15) is 4.79 Å². The van der Waals surface area contributed by atoms with E-state index in [-0.39, 0.29) is 5.69 Å². The maximum atomic E-state index is 11.0. The molecule has 3 aromatic rings. The third-order valence-electron chi connectivity index (χ3n) is 3.51. The first-order valence-corrected chi connectivity index (χ1v) is 8.06. The third-order valence-corrected chi connectivity index (χ3v) is 4.41. The number of hydrogen-bond donors (Lipinski definition) is 1. The molecule has 1 heterocycles. The number of carbonyl (C=O) groups is 1. The number of thiazole rings is 1. The Morgan fingerprint density at radius 3 is 2.65 bits per heavy atom. The summed E-state index contributed by atoms with van der Waals surface area (Å²) in [5.41, 5.74) is 3.35. The van der Waals surface area contributed by atoms with Crippen molar-refractivity contribution in [2.45, 2.75) is 6.54 Å². The molecule has 0 aliphatic carbocycles. The average Bonchev–Trinajstić information content (AvgIpc) is 3.06. The quantitative estimate of drug-likeness (QED) is 0.766. The molecule has 0 fully saturated rings. The first-order valence-electron chi connectivity index (χ1n) is 7.18. The van der Waals surface area contributed by atoms with E-state index >= 15 is 0 Å². The van der Waals surface area contributed by atoms with E-state index in [1.807, 2.05) is 37.4 Å². The Kier molecular flexibility index (Phi) is 4.39. The summed E-state index contributed by atoms with van der Waals surface area (Å²) in [5, 5.41) is 11.3. The van der Waals surface area contributed by atoms with Crippen LogP contribution in [-0.4, -0.2) is 23.1 Å². The number of aromatic carboxylic acids is 1. The monoisotopic (exact) mass is 324 g/mol. The van der Waals surface area contributed by atoms with Crippen molar-refractivity contribution < 1.29 is 9.90 Å². The topological polar surface area (TPSA) is 53.4 Å². The van der Waals surface area contributed by atoms with E-state index in [2.05, 4.69) is 34.1 Å². The van der Waals surface area contributed by atoms with Crippen LogP contribution in [0, 0.1) is 0 Å². The second-order valence-electron chi connectivity index (χ2n) is 5.24. The highest BCUT2D eigenvalue weighted by molar-refractivity contribution is 7.13. The number of benzene rings is 2. The summed E-state index contributed by atoms with van der Waals surface area (Å²) < 4.78 is 0. The molecule has 0 radical (unpaired) electrons. The lowest BCUT2D eigenvalue weighted by Gasteiger charge is -2.19. The Labute approximate surface area is 138 Å². The van der Waals surface area contributed by atoms with Crippen LogP contribution in [0.2, 0.25) is 0 Å². The second-order valence-corrected chi connectivity index (χ2v) is 6.09. The van der Waals surface area contributed by atoms with Gasteiger partial charge in [-0.05, 0) is 23.8 Å². The van der Waals surface area contributed by atoms with Crippen molar-refractivity contribution in [2.75, 3.05) is 11.9 Å². The summed E-state index contributed by atoms with van der Waals surface area (Å²) in [6.45, 7) is 0.773. The van der Waals surface area contributed by atoms with Gasteiger partial charge in [-0.15, -0.1) is 11.3 Å². The molecule has 116 valence electrons. The molecule has 1 N–H and O–H groups in total. The van der Waals surface area contributed by atoms with Crippen LogP contribution in [0.1, 0.15) is 16.1 Å². The van der Waals surface area contributed by atoms with Gasteiger partial charge in [0.1, 0.15) is 5.01 Å². The molecule has 3 rings (SSSR count). The van der Waals surface area contributed by atoms with Crippen molar-refractivity contribution in [1.82, 2.24) is 4.98 Å². The normalized spacial score (nSPS) is 10.5. The van der Waals surface area contributed by atoms with E-state index in [0.29, 0.717) is 0 Å². The zero-order chi connectivity index (χ0) is 16.2. The van der Waals surface area contributed by atoms with Gasteiger partial charge in [-0.25, -0.2) is 9.78 Å². The Balaban J connectivity index is 1.81. The number of para-hydroxylation sites is 1. The van der Waals surface area contributed by atoms with Gasteiger partial charge < -0.3 is 10.0 Å². The van der Waals surface area contributed by atoms with Crippen LogP contribution in [0.15, 0.2) is 60.0 Å². The molecule has 4 nitrogen and oxygen atoms in total. The van der Waals surface area contributed by atoms with Crippen LogP contribution in [0.5, 0.6) is 0 Å². The van der Waals surface area contributed by atoms with Crippen LogP contribution < -0.4 is 4.90 Å². The summed E-state index contributed by atoms with van der Waals surface area (Å²) in [4.78, 5) is 17.3. The lowest BCUT2D eigenvalue weighted by Crippen LogP contribution is -2.16. The fourth-order valence-electron chi connectivity index (χ4n) is 2.35. The van der Waals surface area contributed by atoms with Gasteiger partial charge in [-0.1, -0.05) is 36.4 Å². The van der Waals surface area contributed by atoms with E-state index in [0.717, 1.165) is 28.4 Å². The molecule has 5 heteroatoms. The first-order chi connectivity index (χ1) is 11.1. The SMILES string of the molecule is CN(Cc1cccc(-c2nc(C(=O)O)cs2)c1)c1ccccc1. The lowest BCUT2D eigenvalue weighted by atomic mass is 10.1. The van der Waals surface area contributed by atoms with Gasteiger partial charge >= 0.3 is 5.97 Å². The number of carboxylic acid groups (broad SMARTS) is 1. The van der Waals surface area contributed by atoms with Crippen molar-refractivity contribution in [1.29, 1.82) is 0 Å². The second kappa shape index (κ2) is 6.62. The third kappa shape index (κ3) is 3.57. The van der Waals surface area contributed by atoms with Gasteiger partial charge in [0.15, 0.2) is 5.69 Å². The minimum atomic E-state index is -0.993. The number of aromatic nitrogens is 1. The predicted octanol–water partition coefficient (Wildman–Crippen LogP) is 4.14. The van der Waals surface area contributed by atoms with E-state index in [1.54, 1.807) is 5.38 Å². The molecule has 0 atom stereocenters. The van der Waals surface area contributed by atoms with Crippen molar-refractivity contribution in [2.24, 2.45) is 0 Å². The molecule has 0 saturated heterocycles. The lowest BCUT2D eigenvalue weighted by molar-refractivity contribution is 0.0691. The molecule has 1 aromatic heterocycles. The average molecular weight is 324 g/mol. The van der Waals surface area contributed by atoms with Gasteiger partial charge in [-0.3, -0.25) is 0 Å². The molecule has 0 bridgehead atoms. The minimum Gasteiger partial charge on any atom is -0.476 e. The number of hydrogen-bond acceptors (Lipinski definition) is 4. The Hall–Kier alpha value is -2.66. The summed E-state index contributed by atoms with van der Waals surface area (Å²) in [6.07, 6.45) is 0. The summed E-state index contributed by atoms with van der Waals surface area (Å²) in [5.74, 6) is -0.993. The molecular formula is C18H16N2O2S. The van der Waals surface area contributed by atoms with Gasteiger partial charge in [0.05, 0.1) is 0 Å². The van der Waals surface area contributed by atoms with E-state index in [4.69, 9.17) is 5.11 Å². The molecule has 0 saturated carbocycles. The minimum absolute atomic E-state index is 0.0943. The predicted molar refractivity (Wildman–Crippen MR) is 93.1 cm³/mol. The number of rotatable bonds is 5. The van der Waals surface area contributed by atoms with Gasteiger partial charge in [0.2, 0.25) is 0 Å². The zero-order valence-corrected chi connectivity index (χ0v) is 13.5. The zero-order valence-electron chi connectivity index (χ0n) is 12.6. The number of nitrogens with zero attached hydrogens (tertiary/aromatic N) is 2. The van der Waals surface area contributed by atoms with Crippen molar-refractivity contribution in [3.8, 4) is 10.6 Å². The van der Waals surface area contributed by atoms with E-state index in [1.165, 1.54) is 11.3 Å². The highest BCUT2D eigenvalue weighted by Gasteiger charge is 2.11. The molecule has 0 aliphatic rings. The van der Waals surface area contributed by atoms with E-state index < -0.39 is 5.97 Å². The fourth-order valence-corrected chi connectivity index (χ4v) is 3.15. The summed E-state index contributed by atoms with van der Waals surface area (Å²) in [7, 11) is 2.05. The Morgan fingerprint density at radius 2 is 1.96 bits per heavy atom. The van der Waals surface area contributed by atoms with Crippen molar-refractivity contribution in [3.05, 3.63) is 71.2 Å². The standard InChI is InChI=1S/C18H16N2O2S/c1-20(15-8-3-2-4-9-15)11-13-6-5-7-14(10-13)17-19-16(12-23-17)18(21)22/h2-10,12H,11H2,1H3,(H,21,22). The van der Waals surface area contributed by atoms with Gasteiger partial charge in [0, 0.05) is 30.2 Å².